The van der Waals surface area contributed by atoms with Gasteiger partial charge in [-0.15, -0.1) is 0 Å². The summed E-state index contributed by atoms with van der Waals surface area (Å²) in [6.07, 6.45) is 4.70. The average Bonchev–Trinajstić information content (AvgIpc) is 2.77. The SMILES string of the molecule is CN(C(=O)C1CCCCC1CN)C1CCS(=O)(=O)C1. The number of hydrogen-bond acceptors (Lipinski definition) is 4. The van der Waals surface area contributed by atoms with Gasteiger partial charge in [0, 0.05) is 19.0 Å². The van der Waals surface area contributed by atoms with Gasteiger partial charge in [0.15, 0.2) is 9.84 Å². The van der Waals surface area contributed by atoms with E-state index >= 15 is 0 Å². The van der Waals surface area contributed by atoms with Crippen molar-refractivity contribution in [2.24, 2.45) is 17.6 Å². The van der Waals surface area contributed by atoms with Crippen LogP contribution in [0.25, 0.3) is 0 Å². The largest absolute Gasteiger partial charge is 0.341 e. The second-order valence-corrected chi connectivity index (χ2v) is 8.12. The minimum absolute atomic E-state index is 0.00736. The number of nitrogens with two attached hydrogens (primary N) is 1. The molecule has 0 aromatic rings. The molecule has 2 rings (SSSR count). The number of rotatable bonds is 3. The maximum absolute atomic E-state index is 12.5. The number of hydrogen-bond donors (Lipinski definition) is 1. The lowest BCUT2D eigenvalue weighted by Gasteiger charge is -2.34. The summed E-state index contributed by atoms with van der Waals surface area (Å²) >= 11 is 0. The van der Waals surface area contributed by atoms with E-state index in [1.54, 1.807) is 11.9 Å². The normalized spacial score (nSPS) is 34.1. The Labute approximate surface area is 115 Å². The summed E-state index contributed by atoms with van der Waals surface area (Å²) in [5.74, 6) is 0.682. The highest BCUT2D eigenvalue weighted by Crippen LogP contribution is 2.31. The Morgan fingerprint density at radius 1 is 1.26 bits per heavy atom. The summed E-state index contributed by atoms with van der Waals surface area (Å²) in [7, 11) is -1.20. The molecular formula is C13H24N2O3S. The highest BCUT2D eigenvalue weighted by molar-refractivity contribution is 7.91. The standard InChI is InChI=1S/C13H24N2O3S/c1-15(11-6-7-19(17,18)9-11)13(16)12-5-3-2-4-10(12)8-14/h10-12H,2-9,14H2,1H3. The Bertz CT molecular complexity index is 435. The molecule has 0 bridgehead atoms. The molecule has 0 aromatic carbocycles. The lowest BCUT2D eigenvalue weighted by molar-refractivity contribution is -0.138. The molecule has 1 saturated carbocycles. The van der Waals surface area contributed by atoms with Crippen LogP contribution in [0.15, 0.2) is 0 Å². The van der Waals surface area contributed by atoms with Crippen LogP contribution in [0.4, 0.5) is 0 Å². The van der Waals surface area contributed by atoms with Gasteiger partial charge >= 0.3 is 0 Å². The third kappa shape index (κ3) is 3.28. The number of amides is 1. The molecule has 1 aliphatic carbocycles. The fourth-order valence-electron chi connectivity index (χ4n) is 3.34. The first-order chi connectivity index (χ1) is 8.94. The van der Waals surface area contributed by atoms with E-state index in [1.807, 2.05) is 0 Å². The molecule has 110 valence electrons. The maximum Gasteiger partial charge on any atom is 0.226 e. The van der Waals surface area contributed by atoms with Crippen LogP contribution in [-0.4, -0.2) is 50.4 Å². The van der Waals surface area contributed by atoms with E-state index in [4.69, 9.17) is 5.73 Å². The molecule has 1 aliphatic heterocycles. The van der Waals surface area contributed by atoms with E-state index in [2.05, 4.69) is 0 Å². The zero-order valence-electron chi connectivity index (χ0n) is 11.5. The molecule has 2 aliphatic rings. The molecule has 5 nitrogen and oxygen atoms in total. The Hall–Kier alpha value is -0.620. The topological polar surface area (TPSA) is 80.5 Å². The van der Waals surface area contributed by atoms with Crippen molar-refractivity contribution in [1.29, 1.82) is 0 Å². The summed E-state index contributed by atoms with van der Waals surface area (Å²) in [4.78, 5) is 14.2. The van der Waals surface area contributed by atoms with Crippen LogP contribution in [0.2, 0.25) is 0 Å². The van der Waals surface area contributed by atoms with Crippen molar-refractivity contribution in [2.45, 2.75) is 38.1 Å². The minimum atomic E-state index is -2.94. The highest BCUT2D eigenvalue weighted by atomic mass is 32.2. The second-order valence-electron chi connectivity index (χ2n) is 5.89. The molecule has 1 saturated heterocycles. The molecule has 3 atom stereocenters. The van der Waals surface area contributed by atoms with Gasteiger partial charge in [0.25, 0.3) is 0 Å². The summed E-state index contributed by atoms with van der Waals surface area (Å²) in [6, 6.07) is -0.141. The maximum atomic E-state index is 12.5. The van der Waals surface area contributed by atoms with Crippen molar-refractivity contribution >= 4 is 15.7 Å². The van der Waals surface area contributed by atoms with Gasteiger partial charge < -0.3 is 10.6 Å². The van der Waals surface area contributed by atoms with Gasteiger partial charge in [-0.1, -0.05) is 12.8 Å². The Balaban J connectivity index is 2.02. The van der Waals surface area contributed by atoms with Gasteiger partial charge in [-0.25, -0.2) is 8.42 Å². The fraction of sp³-hybridized carbons (Fsp3) is 0.923. The Morgan fingerprint density at radius 3 is 2.53 bits per heavy atom. The molecule has 1 heterocycles. The summed E-state index contributed by atoms with van der Waals surface area (Å²) in [5.41, 5.74) is 5.76. The van der Waals surface area contributed by atoms with E-state index in [1.165, 1.54) is 0 Å². The van der Waals surface area contributed by atoms with Crippen molar-refractivity contribution in [3.63, 3.8) is 0 Å². The van der Waals surface area contributed by atoms with Gasteiger partial charge in [-0.3, -0.25) is 4.79 Å². The van der Waals surface area contributed by atoms with Crippen molar-refractivity contribution in [3.05, 3.63) is 0 Å². The monoisotopic (exact) mass is 288 g/mol. The van der Waals surface area contributed by atoms with Gasteiger partial charge in [-0.2, -0.15) is 0 Å². The summed E-state index contributed by atoms with van der Waals surface area (Å²) in [5, 5.41) is 0. The number of sulfone groups is 1. The van der Waals surface area contributed by atoms with E-state index in [9.17, 15) is 13.2 Å². The molecule has 1 amide bonds. The Morgan fingerprint density at radius 2 is 1.95 bits per heavy atom. The lowest BCUT2D eigenvalue weighted by Crippen LogP contribution is -2.45. The minimum Gasteiger partial charge on any atom is -0.341 e. The van der Waals surface area contributed by atoms with Crippen LogP contribution in [0.1, 0.15) is 32.1 Å². The summed E-state index contributed by atoms with van der Waals surface area (Å²) < 4.78 is 23.0. The van der Waals surface area contributed by atoms with Crippen molar-refractivity contribution in [3.8, 4) is 0 Å². The van der Waals surface area contributed by atoms with E-state index < -0.39 is 9.84 Å². The third-order valence-electron chi connectivity index (χ3n) is 4.63. The van der Waals surface area contributed by atoms with Crippen molar-refractivity contribution in [1.82, 2.24) is 4.90 Å². The second kappa shape index (κ2) is 5.79. The van der Waals surface area contributed by atoms with Crippen LogP contribution >= 0.6 is 0 Å². The average molecular weight is 288 g/mol. The van der Waals surface area contributed by atoms with E-state index in [0.29, 0.717) is 13.0 Å². The number of nitrogens with zero attached hydrogens (tertiary/aromatic N) is 1. The zero-order valence-corrected chi connectivity index (χ0v) is 12.4. The molecule has 0 aromatic heterocycles. The quantitative estimate of drug-likeness (QED) is 0.815. The molecular weight excluding hydrogens is 264 g/mol. The first-order valence-electron chi connectivity index (χ1n) is 7.12. The van der Waals surface area contributed by atoms with Crippen LogP contribution in [0.3, 0.4) is 0 Å². The first kappa shape index (κ1) is 14.8. The molecule has 6 heteroatoms. The highest BCUT2D eigenvalue weighted by Gasteiger charge is 2.37. The zero-order chi connectivity index (χ0) is 14.0. The number of carbonyl (C=O) groups excluding carboxylic acids is 1. The van der Waals surface area contributed by atoms with Crippen LogP contribution in [0.5, 0.6) is 0 Å². The predicted molar refractivity (Wildman–Crippen MR) is 74.3 cm³/mol. The third-order valence-corrected chi connectivity index (χ3v) is 6.38. The fourth-order valence-corrected chi connectivity index (χ4v) is 5.11. The van der Waals surface area contributed by atoms with E-state index in [-0.39, 0.29) is 35.3 Å². The van der Waals surface area contributed by atoms with Gasteiger partial charge in [0.1, 0.15) is 0 Å². The van der Waals surface area contributed by atoms with Crippen LogP contribution in [0, 0.1) is 11.8 Å². The van der Waals surface area contributed by atoms with Gasteiger partial charge in [0.2, 0.25) is 5.91 Å². The van der Waals surface area contributed by atoms with E-state index in [0.717, 1.165) is 25.7 Å². The molecule has 2 fully saturated rings. The molecule has 3 unspecified atom stereocenters. The Kier molecular flexibility index (Phi) is 4.50. The smallest absolute Gasteiger partial charge is 0.226 e. The molecule has 19 heavy (non-hydrogen) atoms. The summed E-state index contributed by atoms with van der Waals surface area (Å²) in [6.45, 7) is 0.549. The van der Waals surface area contributed by atoms with Gasteiger partial charge in [0.05, 0.1) is 11.5 Å². The molecule has 0 spiro atoms. The van der Waals surface area contributed by atoms with Crippen molar-refractivity contribution in [2.75, 3.05) is 25.1 Å². The number of carbonyl (C=O) groups is 1. The van der Waals surface area contributed by atoms with Gasteiger partial charge in [-0.05, 0) is 31.7 Å². The predicted octanol–water partition coefficient (Wildman–Crippen LogP) is 0.397. The van der Waals surface area contributed by atoms with Crippen LogP contribution in [-0.2, 0) is 14.6 Å². The molecule has 0 radical (unpaired) electrons. The molecule has 2 N–H and O–H groups in total. The first-order valence-corrected chi connectivity index (χ1v) is 8.94. The van der Waals surface area contributed by atoms with Crippen LogP contribution < -0.4 is 5.73 Å². The lowest BCUT2D eigenvalue weighted by atomic mass is 9.78. The van der Waals surface area contributed by atoms with Crippen molar-refractivity contribution < 1.29 is 13.2 Å².